The summed E-state index contributed by atoms with van der Waals surface area (Å²) in [5.74, 6) is 1.87. The highest BCUT2D eigenvalue weighted by Crippen LogP contribution is 2.22. The molecule has 20 heavy (non-hydrogen) atoms. The highest BCUT2D eigenvalue weighted by atomic mass is 32.1. The quantitative estimate of drug-likeness (QED) is 0.868. The van der Waals surface area contributed by atoms with E-state index >= 15 is 0 Å². The number of hydrogen-bond donors (Lipinski definition) is 0. The third-order valence-electron chi connectivity index (χ3n) is 4.19. The summed E-state index contributed by atoms with van der Waals surface area (Å²) in [4.78, 5) is 12.7. The first kappa shape index (κ1) is 13.8. The van der Waals surface area contributed by atoms with Crippen LogP contribution in [0.3, 0.4) is 0 Å². The maximum absolute atomic E-state index is 4.35. The minimum absolute atomic E-state index is 0.741. The van der Waals surface area contributed by atoms with Gasteiger partial charge in [0.15, 0.2) is 0 Å². The van der Waals surface area contributed by atoms with Crippen LogP contribution in [0.5, 0.6) is 0 Å². The molecule has 1 aliphatic heterocycles. The van der Waals surface area contributed by atoms with Crippen molar-refractivity contribution in [2.75, 3.05) is 13.1 Å². The summed E-state index contributed by atoms with van der Waals surface area (Å²) >= 11 is 1.78. The molecule has 1 aliphatic rings. The van der Waals surface area contributed by atoms with Crippen molar-refractivity contribution < 1.29 is 0 Å². The van der Waals surface area contributed by atoms with Crippen LogP contribution in [0, 0.1) is 19.8 Å². The van der Waals surface area contributed by atoms with Crippen LogP contribution in [-0.2, 0) is 13.1 Å². The van der Waals surface area contributed by atoms with E-state index in [-0.39, 0.29) is 0 Å². The van der Waals surface area contributed by atoms with Crippen LogP contribution in [0.2, 0.25) is 0 Å². The van der Waals surface area contributed by atoms with E-state index in [9.17, 15) is 0 Å². The zero-order chi connectivity index (χ0) is 13.9. The third kappa shape index (κ3) is 3.10. The number of piperidine rings is 1. The van der Waals surface area contributed by atoms with Crippen LogP contribution < -0.4 is 0 Å². The molecule has 1 unspecified atom stereocenters. The molecule has 0 aliphatic carbocycles. The number of aromatic nitrogens is 3. The fourth-order valence-electron chi connectivity index (χ4n) is 3.00. The van der Waals surface area contributed by atoms with Crippen molar-refractivity contribution in [1.29, 1.82) is 0 Å². The first-order chi connectivity index (χ1) is 9.72. The van der Waals surface area contributed by atoms with Crippen molar-refractivity contribution in [1.82, 2.24) is 19.4 Å². The highest BCUT2D eigenvalue weighted by Gasteiger charge is 2.21. The van der Waals surface area contributed by atoms with Gasteiger partial charge in [-0.05, 0) is 39.2 Å². The molecule has 4 nitrogen and oxygen atoms in total. The molecule has 1 fully saturated rings. The van der Waals surface area contributed by atoms with Crippen molar-refractivity contribution in [2.45, 2.75) is 39.8 Å². The fraction of sp³-hybridized carbons (Fsp3) is 0.600. The molecule has 3 rings (SSSR count). The second-order valence-electron chi connectivity index (χ2n) is 5.73. The van der Waals surface area contributed by atoms with Crippen molar-refractivity contribution in [3.05, 3.63) is 34.3 Å². The topological polar surface area (TPSA) is 34.0 Å². The smallest absolute Gasteiger partial charge is 0.105 e. The molecule has 0 saturated carbocycles. The fourth-order valence-corrected chi connectivity index (χ4v) is 3.82. The molecule has 1 saturated heterocycles. The first-order valence-corrected chi connectivity index (χ1v) is 8.19. The second-order valence-corrected chi connectivity index (χ2v) is 6.67. The number of nitrogens with zero attached hydrogens (tertiary/aromatic N) is 4. The summed E-state index contributed by atoms with van der Waals surface area (Å²) in [7, 11) is 0. The normalized spacial score (nSPS) is 20.4. The van der Waals surface area contributed by atoms with E-state index < -0.39 is 0 Å². The molecule has 0 aromatic carbocycles. The summed E-state index contributed by atoms with van der Waals surface area (Å²) in [6.45, 7) is 8.77. The van der Waals surface area contributed by atoms with Gasteiger partial charge in [0.05, 0.1) is 11.2 Å². The van der Waals surface area contributed by atoms with Crippen LogP contribution in [0.15, 0.2) is 17.9 Å². The minimum Gasteiger partial charge on any atom is -0.335 e. The standard InChI is InChI=1S/C15H22N4S/c1-12-15(20-11-17-12)10-18-6-3-4-14(8-18)9-19-7-5-16-13(19)2/h5,7,11,14H,3-4,6,8-10H2,1-2H3. The Balaban J connectivity index is 1.59. The molecule has 1 atom stereocenters. The van der Waals surface area contributed by atoms with Gasteiger partial charge in [0.2, 0.25) is 0 Å². The predicted molar refractivity (Wildman–Crippen MR) is 81.8 cm³/mol. The molecule has 108 valence electrons. The maximum Gasteiger partial charge on any atom is 0.105 e. The van der Waals surface area contributed by atoms with Crippen molar-refractivity contribution >= 4 is 11.3 Å². The van der Waals surface area contributed by atoms with Crippen LogP contribution in [0.4, 0.5) is 0 Å². The number of imidazole rings is 1. The van der Waals surface area contributed by atoms with Gasteiger partial charge in [-0.2, -0.15) is 0 Å². The third-order valence-corrected chi connectivity index (χ3v) is 5.11. The Morgan fingerprint density at radius 1 is 1.35 bits per heavy atom. The summed E-state index contributed by atoms with van der Waals surface area (Å²) in [5, 5.41) is 0. The summed E-state index contributed by atoms with van der Waals surface area (Å²) < 4.78 is 2.28. The SMILES string of the molecule is Cc1ncsc1CN1CCCC(Cn2ccnc2C)C1. The zero-order valence-corrected chi connectivity index (χ0v) is 13.1. The molecule has 0 N–H and O–H groups in total. The average Bonchev–Trinajstić information content (AvgIpc) is 3.01. The van der Waals surface area contributed by atoms with Gasteiger partial charge < -0.3 is 4.57 Å². The van der Waals surface area contributed by atoms with Crippen molar-refractivity contribution in [2.24, 2.45) is 5.92 Å². The van der Waals surface area contributed by atoms with E-state index in [0.717, 1.165) is 24.8 Å². The van der Waals surface area contributed by atoms with Gasteiger partial charge in [0.1, 0.15) is 5.82 Å². The van der Waals surface area contributed by atoms with Gasteiger partial charge in [0.25, 0.3) is 0 Å². The monoisotopic (exact) mass is 290 g/mol. The summed E-state index contributed by atoms with van der Waals surface area (Å²) in [6.07, 6.45) is 6.63. The van der Waals surface area contributed by atoms with Crippen LogP contribution in [0.1, 0.15) is 29.2 Å². The number of hydrogen-bond acceptors (Lipinski definition) is 4. The molecule has 0 spiro atoms. The van der Waals surface area contributed by atoms with E-state index in [1.807, 2.05) is 11.7 Å². The van der Waals surface area contributed by atoms with E-state index in [0.29, 0.717) is 0 Å². The Bertz CT molecular complexity index is 511. The number of likely N-dealkylation sites (tertiary alicyclic amines) is 1. The van der Waals surface area contributed by atoms with Crippen molar-refractivity contribution in [3.63, 3.8) is 0 Å². The second kappa shape index (κ2) is 6.06. The Morgan fingerprint density at radius 3 is 2.95 bits per heavy atom. The van der Waals surface area contributed by atoms with Crippen LogP contribution in [-0.4, -0.2) is 32.5 Å². The van der Waals surface area contributed by atoms with Gasteiger partial charge in [-0.25, -0.2) is 9.97 Å². The largest absolute Gasteiger partial charge is 0.335 e. The lowest BCUT2D eigenvalue weighted by molar-refractivity contribution is 0.156. The molecule has 0 amide bonds. The van der Waals surface area contributed by atoms with Gasteiger partial charge in [-0.1, -0.05) is 0 Å². The molecule has 3 heterocycles. The van der Waals surface area contributed by atoms with Gasteiger partial charge in [0, 0.05) is 36.9 Å². The average molecular weight is 290 g/mol. The maximum atomic E-state index is 4.35. The Morgan fingerprint density at radius 2 is 2.25 bits per heavy atom. The lowest BCUT2D eigenvalue weighted by Gasteiger charge is -2.32. The molecule has 0 bridgehead atoms. The number of rotatable bonds is 4. The minimum atomic E-state index is 0.741. The van der Waals surface area contributed by atoms with Crippen LogP contribution in [0.25, 0.3) is 0 Å². The van der Waals surface area contributed by atoms with E-state index in [1.165, 1.54) is 36.5 Å². The molecule has 5 heteroatoms. The van der Waals surface area contributed by atoms with E-state index in [1.54, 1.807) is 11.3 Å². The highest BCUT2D eigenvalue weighted by molar-refractivity contribution is 7.09. The summed E-state index contributed by atoms with van der Waals surface area (Å²) in [6, 6.07) is 0. The molecular formula is C15H22N4S. The number of thiazole rings is 1. The lowest BCUT2D eigenvalue weighted by atomic mass is 9.98. The molecule has 2 aromatic rings. The van der Waals surface area contributed by atoms with E-state index in [4.69, 9.17) is 0 Å². The Labute approximate surface area is 124 Å². The van der Waals surface area contributed by atoms with E-state index in [2.05, 4.69) is 39.5 Å². The Hall–Kier alpha value is -1.20. The lowest BCUT2D eigenvalue weighted by Crippen LogP contribution is -2.36. The van der Waals surface area contributed by atoms with Gasteiger partial charge >= 0.3 is 0 Å². The number of aryl methyl sites for hydroxylation is 2. The summed E-state index contributed by atoms with van der Waals surface area (Å²) in [5.41, 5.74) is 3.16. The predicted octanol–water partition coefficient (Wildman–Crippen LogP) is 2.87. The van der Waals surface area contributed by atoms with Crippen molar-refractivity contribution in [3.8, 4) is 0 Å². The van der Waals surface area contributed by atoms with Crippen LogP contribution >= 0.6 is 11.3 Å². The zero-order valence-electron chi connectivity index (χ0n) is 12.2. The molecule has 0 radical (unpaired) electrons. The first-order valence-electron chi connectivity index (χ1n) is 7.31. The van der Waals surface area contributed by atoms with Gasteiger partial charge in [-0.15, -0.1) is 11.3 Å². The molecular weight excluding hydrogens is 268 g/mol. The molecule has 2 aromatic heterocycles. The van der Waals surface area contributed by atoms with Gasteiger partial charge in [-0.3, -0.25) is 4.90 Å². The Kier molecular flexibility index (Phi) is 4.17.